The van der Waals surface area contributed by atoms with Gasteiger partial charge < -0.3 is 15.0 Å². The van der Waals surface area contributed by atoms with E-state index in [1.54, 1.807) is 18.2 Å². The Morgan fingerprint density at radius 1 is 1.22 bits per heavy atom. The molecule has 2 aromatic rings. The van der Waals surface area contributed by atoms with Gasteiger partial charge in [-0.05, 0) is 43.7 Å². The van der Waals surface area contributed by atoms with Crippen LogP contribution in [0.3, 0.4) is 0 Å². The summed E-state index contributed by atoms with van der Waals surface area (Å²) in [5.41, 5.74) is 1.16. The molecule has 1 saturated heterocycles. The van der Waals surface area contributed by atoms with Gasteiger partial charge in [0.2, 0.25) is 11.8 Å². The van der Waals surface area contributed by atoms with E-state index in [2.05, 4.69) is 5.32 Å². The summed E-state index contributed by atoms with van der Waals surface area (Å²) >= 11 is 0. The highest BCUT2D eigenvalue weighted by atomic mass is 19.1. The number of ether oxygens (including phenoxy) is 1. The lowest BCUT2D eigenvalue weighted by atomic mass is 10.1. The van der Waals surface area contributed by atoms with Crippen LogP contribution >= 0.6 is 0 Å². The molecule has 27 heavy (non-hydrogen) atoms. The molecular formula is C21H23FN2O3. The van der Waals surface area contributed by atoms with Gasteiger partial charge in [-0.2, -0.15) is 0 Å². The van der Waals surface area contributed by atoms with Crippen molar-refractivity contribution in [3.05, 3.63) is 59.9 Å². The lowest BCUT2D eigenvalue weighted by Crippen LogP contribution is -2.32. The maximum atomic E-state index is 13.9. The highest BCUT2D eigenvalue weighted by Gasteiger charge is 2.35. The number of hydrogen-bond acceptors (Lipinski definition) is 3. The van der Waals surface area contributed by atoms with Crippen LogP contribution in [0.4, 0.5) is 10.1 Å². The molecule has 1 fully saturated rings. The zero-order valence-corrected chi connectivity index (χ0v) is 15.4. The molecule has 2 amide bonds. The first-order valence-electron chi connectivity index (χ1n) is 9.02. The molecular weight excluding hydrogens is 347 g/mol. The van der Waals surface area contributed by atoms with Gasteiger partial charge in [-0.25, -0.2) is 4.39 Å². The summed E-state index contributed by atoms with van der Waals surface area (Å²) in [5, 5.41) is 2.86. The van der Waals surface area contributed by atoms with Crippen LogP contribution in [0.25, 0.3) is 0 Å². The number of nitrogens with one attached hydrogen (secondary N) is 1. The molecule has 142 valence electrons. The molecule has 1 atom stereocenters. The van der Waals surface area contributed by atoms with E-state index in [1.807, 2.05) is 38.1 Å². The zero-order valence-electron chi connectivity index (χ0n) is 15.4. The zero-order chi connectivity index (χ0) is 19.4. The number of para-hydroxylation sites is 1. The van der Waals surface area contributed by atoms with E-state index in [0.717, 1.165) is 11.3 Å². The van der Waals surface area contributed by atoms with Crippen LogP contribution in [0.5, 0.6) is 5.75 Å². The Bertz CT molecular complexity index is 820. The minimum atomic E-state index is -0.486. The number of benzene rings is 2. The van der Waals surface area contributed by atoms with Crippen molar-refractivity contribution in [2.24, 2.45) is 5.92 Å². The summed E-state index contributed by atoms with van der Waals surface area (Å²) in [7, 11) is 0. The van der Waals surface area contributed by atoms with Crippen LogP contribution in [-0.4, -0.2) is 24.5 Å². The summed E-state index contributed by atoms with van der Waals surface area (Å²) in [6.45, 7) is 4.47. The Morgan fingerprint density at radius 2 is 1.93 bits per heavy atom. The molecule has 3 rings (SSSR count). The second-order valence-electron chi connectivity index (χ2n) is 6.89. The first-order chi connectivity index (χ1) is 12.9. The third-order valence-electron chi connectivity index (χ3n) is 4.40. The van der Waals surface area contributed by atoms with Crippen LogP contribution in [0.2, 0.25) is 0 Å². The molecule has 0 aromatic heterocycles. The van der Waals surface area contributed by atoms with Crippen molar-refractivity contribution in [3.63, 3.8) is 0 Å². The second kappa shape index (κ2) is 8.20. The van der Waals surface area contributed by atoms with Crippen molar-refractivity contribution in [2.75, 3.05) is 11.4 Å². The van der Waals surface area contributed by atoms with Crippen LogP contribution in [0, 0.1) is 11.7 Å². The fraction of sp³-hybridized carbons (Fsp3) is 0.333. The summed E-state index contributed by atoms with van der Waals surface area (Å²) in [4.78, 5) is 26.0. The SMILES string of the molecule is CC(C)Oc1ccc(CNC(=O)[C@H]2CC(=O)N(c3ccccc3F)C2)cc1. The number of hydrogen-bond donors (Lipinski definition) is 1. The topological polar surface area (TPSA) is 58.6 Å². The lowest BCUT2D eigenvalue weighted by Gasteiger charge is -2.17. The Morgan fingerprint density at radius 3 is 2.59 bits per heavy atom. The van der Waals surface area contributed by atoms with Crippen LogP contribution in [-0.2, 0) is 16.1 Å². The van der Waals surface area contributed by atoms with Gasteiger partial charge in [-0.15, -0.1) is 0 Å². The molecule has 1 aliphatic heterocycles. The Kier molecular flexibility index (Phi) is 5.74. The Labute approximate surface area is 158 Å². The van der Waals surface area contributed by atoms with E-state index in [4.69, 9.17) is 4.74 Å². The van der Waals surface area contributed by atoms with E-state index in [-0.39, 0.29) is 36.6 Å². The second-order valence-corrected chi connectivity index (χ2v) is 6.89. The van der Waals surface area contributed by atoms with Gasteiger partial charge in [-0.1, -0.05) is 24.3 Å². The average molecular weight is 370 g/mol. The smallest absolute Gasteiger partial charge is 0.227 e. The van der Waals surface area contributed by atoms with Gasteiger partial charge in [0.1, 0.15) is 11.6 Å². The summed E-state index contributed by atoms with van der Waals surface area (Å²) < 4.78 is 19.5. The summed E-state index contributed by atoms with van der Waals surface area (Å²) in [5.74, 6) is -0.613. The van der Waals surface area contributed by atoms with Crippen LogP contribution in [0.1, 0.15) is 25.8 Å². The van der Waals surface area contributed by atoms with Crippen molar-refractivity contribution in [2.45, 2.75) is 32.9 Å². The first kappa shape index (κ1) is 18.9. The molecule has 0 unspecified atom stereocenters. The minimum Gasteiger partial charge on any atom is -0.491 e. The van der Waals surface area contributed by atoms with Crippen LogP contribution < -0.4 is 15.0 Å². The average Bonchev–Trinajstić information content (AvgIpc) is 3.02. The normalized spacial score (nSPS) is 16.7. The predicted octanol–water partition coefficient (Wildman–Crippen LogP) is 3.28. The summed E-state index contributed by atoms with van der Waals surface area (Å²) in [6.07, 6.45) is 0.189. The molecule has 5 nitrogen and oxygen atoms in total. The lowest BCUT2D eigenvalue weighted by molar-refractivity contribution is -0.126. The number of halogens is 1. The van der Waals surface area contributed by atoms with Crippen molar-refractivity contribution in [3.8, 4) is 5.75 Å². The van der Waals surface area contributed by atoms with E-state index in [9.17, 15) is 14.0 Å². The van der Waals surface area contributed by atoms with Gasteiger partial charge in [0.05, 0.1) is 17.7 Å². The molecule has 6 heteroatoms. The Balaban J connectivity index is 1.56. The van der Waals surface area contributed by atoms with Gasteiger partial charge in [-0.3, -0.25) is 9.59 Å². The quantitative estimate of drug-likeness (QED) is 0.849. The third kappa shape index (κ3) is 4.64. The monoisotopic (exact) mass is 370 g/mol. The van der Waals surface area contributed by atoms with Gasteiger partial charge in [0.25, 0.3) is 0 Å². The van der Waals surface area contributed by atoms with Crippen molar-refractivity contribution >= 4 is 17.5 Å². The maximum Gasteiger partial charge on any atom is 0.227 e. The fourth-order valence-corrected chi connectivity index (χ4v) is 3.08. The van der Waals surface area contributed by atoms with Crippen molar-refractivity contribution in [1.82, 2.24) is 5.32 Å². The van der Waals surface area contributed by atoms with E-state index < -0.39 is 11.7 Å². The van der Waals surface area contributed by atoms with Gasteiger partial charge >= 0.3 is 0 Å². The van der Waals surface area contributed by atoms with E-state index in [0.29, 0.717) is 6.54 Å². The number of carbonyl (C=O) groups excluding carboxylic acids is 2. The van der Waals surface area contributed by atoms with Crippen molar-refractivity contribution < 1.29 is 18.7 Å². The molecule has 0 spiro atoms. The number of rotatable bonds is 6. The van der Waals surface area contributed by atoms with E-state index >= 15 is 0 Å². The third-order valence-corrected chi connectivity index (χ3v) is 4.40. The van der Waals surface area contributed by atoms with Crippen LogP contribution in [0.15, 0.2) is 48.5 Å². The number of amides is 2. The molecule has 0 radical (unpaired) electrons. The van der Waals surface area contributed by atoms with E-state index in [1.165, 1.54) is 11.0 Å². The standard InChI is InChI=1S/C21H23FN2O3/c1-14(2)27-17-9-7-15(8-10-17)12-23-21(26)16-11-20(25)24(13-16)19-6-4-3-5-18(19)22/h3-10,14,16H,11-13H2,1-2H3,(H,23,26)/t16-/m0/s1. The molecule has 2 aromatic carbocycles. The largest absolute Gasteiger partial charge is 0.491 e. The number of anilines is 1. The molecule has 1 aliphatic rings. The molecule has 1 N–H and O–H groups in total. The molecule has 0 bridgehead atoms. The molecule has 0 aliphatic carbocycles. The minimum absolute atomic E-state index is 0.0847. The molecule has 0 saturated carbocycles. The predicted molar refractivity (Wildman–Crippen MR) is 101 cm³/mol. The molecule has 1 heterocycles. The first-order valence-corrected chi connectivity index (χ1v) is 9.02. The van der Waals surface area contributed by atoms with Gasteiger partial charge in [0, 0.05) is 19.5 Å². The highest BCUT2D eigenvalue weighted by Crippen LogP contribution is 2.27. The van der Waals surface area contributed by atoms with Crippen molar-refractivity contribution in [1.29, 1.82) is 0 Å². The highest BCUT2D eigenvalue weighted by molar-refractivity contribution is 6.00. The van der Waals surface area contributed by atoms with Gasteiger partial charge in [0.15, 0.2) is 0 Å². The number of carbonyl (C=O) groups is 2. The summed E-state index contributed by atoms with van der Waals surface area (Å²) in [6, 6.07) is 13.6. The maximum absolute atomic E-state index is 13.9. The number of nitrogens with zero attached hydrogens (tertiary/aromatic N) is 1. The Hall–Kier alpha value is -2.89. The fourth-order valence-electron chi connectivity index (χ4n) is 3.08.